The molecule has 0 spiro atoms. The lowest BCUT2D eigenvalue weighted by atomic mass is 9.86. The number of hydrogen-bond acceptors (Lipinski definition) is 7. The van der Waals surface area contributed by atoms with Crippen LogP contribution >= 0.6 is 15.9 Å². The van der Waals surface area contributed by atoms with Crippen molar-refractivity contribution in [2.75, 3.05) is 20.3 Å². The Morgan fingerprint density at radius 1 is 1.09 bits per heavy atom. The van der Waals surface area contributed by atoms with Gasteiger partial charge in [-0.15, -0.1) is 0 Å². The first-order valence-electron chi connectivity index (χ1n) is 10.2. The highest BCUT2D eigenvalue weighted by Crippen LogP contribution is 2.34. The van der Waals surface area contributed by atoms with Gasteiger partial charge < -0.3 is 18.9 Å². The Hall–Kier alpha value is -3.31. The van der Waals surface area contributed by atoms with E-state index in [0.717, 1.165) is 10.0 Å². The number of nitrogens with zero attached hydrogens (tertiary/aromatic N) is 1. The molecular weight excluding hydrogens is 490 g/mol. The zero-order valence-corrected chi connectivity index (χ0v) is 20.8. The Balaban J connectivity index is 2.15. The van der Waals surface area contributed by atoms with Gasteiger partial charge in [0.1, 0.15) is 17.4 Å². The molecule has 8 heteroatoms. The molecule has 0 N–H and O–H groups in total. The molecule has 0 heterocycles. The highest BCUT2D eigenvalue weighted by molar-refractivity contribution is 9.10. The third kappa shape index (κ3) is 7.36. The molecule has 7 nitrogen and oxygen atoms in total. The smallest absolute Gasteiger partial charge is 0.349 e. The molecule has 0 atom stereocenters. The zero-order chi connectivity index (χ0) is 24.6. The van der Waals surface area contributed by atoms with E-state index in [1.54, 1.807) is 25.1 Å². The van der Waals surface area contributed by atoms with Crippen LogP contribution in [0.3, 0.4) is 0 Å². The molecular formula is C25H26BrNO6. The lowest BCUT2D eigenvalue weighted by Crippen LogP contribution is -2.20. The zero-order valence-electron chi connectivity index (χ0n) is 19.2. The monoisotopic (exact) mass is 515 g/mol. The highest BCUT2D eigenvalue weighted by Gasteiger charge is 2.21. The van der Waals surface area contributed by atoms with Crippen LogP contribution in [0, 0.1) is 11.3 Å². The van der Waals surface area contributed by atoms with E-state index in [9.17, 15) is 14.9 Å². The van der Waals surface area contributed by atoms with Crippen LogP contribution in [-0.4, -0.2) is 32.3 Å². The summed E-state index contributed by atoms with van der Waals surface area (Å²) in [6.45, 7) is 7.69. The second kappa shape index (κ2) is 11.5. The van der Waals surface area contributed by atoms with Gasteiger partial charge in [0.15, 0.2) is 18.1 Å². The minimum absolute atomic E-state index is 0.152. The van der Waals surface area contributed by atoms with Crippen molar-refractivity contribution in [3.8, 4) is 23.3 Å². The van der Waals surface area contributed by atoms with Crippen LogP contribution in [0.4, 0.5) is 0 Å². The molecule has 33 heavy (non-hydrogen) atoms. The normalized spacial score (nSPS) is 11.4. The summed E-state index contributed by atoms with van der Waals surface area (Å²) in [5.41, 5.74) is 1.13. The molecule has 2 aromatic rings. The third-order valence-corrected chi connectivity index (χ3v) is 4.93. The number of benzene rings is 2. The van der Waals surface area contributed by atoms with Gasteiger partial charge in [-0.2, -0.15) is 5.26 Å². The molecule has 0 unspecified atom stereocenters. The fourth-order valence-electron chi connectivity index (χ4n) is 2.87. The van der Waals surface area contributed by atoms with Crippen molar-refractivity contribution in [3.63, 3.8) is 0 Å². The summed E-state index contributed by atoms with van der Waals surface area (Å²) >= 11 is 3.46. The molecule has 0 fully saturated rings. The van der Waals surface area contributed by atoms with Crippen molar-refractivity contribution in [1.82, 2.24) is 0 Å². The van der Waals surface area contributed by atoms with E-state index in [0.29, 0.717) is 11.3 Å². The van der Waals surface area contributed by atoms with E-state index < -0.39 is 11.9 Å². The van der Waals surface area contributed by atoms with Crippen LogP contribution in [0.25, 0.3) is 6.08 Å². The van der Waals surface area contributed by atoms with Gasteiger partial charge in [0.25, 0.3) is 0 Å². The Morgan fingerprint density at radius 2 is 1.79 bits per heavy atom. The summed E-state index contributed by atoms with van der Waals surface area (Å²) in [5.74, 6) is -0.280. The first-order chi connectivity index (χ1) is 15.6. The molecule has 0 amide bonds. The standard InChI is InChI=1S/C25H26BrNO6/c1-6-31-24(29)17(14-27)11-16-7-9-21(22(12-16)30-5)33-23(28)15-32-20-10-8-18(26)13-19(20)25(2,3)4/h7-13H,6,15H2,1-5H3/b17-11+. The number of halogens is 1. The maximum absolute atomic E-state index is 12.4. The van der Waals surface area contributed by atoms with E-state index in [4.69, 9.17) is 18.9 Å². The third-order valence-electron chi connectivity index (χ3n) is 4.43. The van der Waals surface area contributed by atoms with Crippen molar-refractivity contribution in [2.24, 2.45) is 0 Å². The Morgan fingerprint density at radius 3 is 2.39 bits per heavy atom. The molecule has 0 radical (unpaired) electrons. The predicted octanol–water partition coefficient (Wildman–Crippen LogP) is 5.21. The van der Waals surface area contributed by atoms with Crippen LogP contribution in [0.15, 0.2) is 46.4 Å². The lowest BCUT2D eigenvalue weighted by Gasteiger charge is -2.23. The summed E-state index contributed by atoms with van der Waals surface area (Å²) in [6, 6.07) is 12.1. The molecule has 0 saturated heterocycles. The topological polar surface area (TPSA) is 94.9 Å². The minimum Gasteiger partial charge on any atom is -0.493 e. The van der Waals surface area contributed by atoms with Crippen LogP contribution < -0.4 is 14.2 Å². The number of methoxy groups -OCH3 is 1. The highest BCUT2D eigenvalue weighted by atomic mass is 79.9. The first kappa shape index (κ1) is 25.9. The van der Waals surface area contributed by atoms with Gasteiger partial charge in [0.05, 0.1) is 13.7 Å². The van der Waals surface area contributed by atoms with Crippen LogP contribution in [-0.2, 0) is 19.7 Å². The molecule has 0 aromatic heterocycles. The summed E-state index contributed by atoms with van der Waals surface area (Å²) in [6.07, 6.45) is 1.37. The molecule has 2 rings (SSSR count). The molecule has 174 valence electrons. The summed E-state index contributed by atoms with van der Waals surface area (Å²) in [7, 11) is 1.42. The van der Waals surface area contributed by atoms with Crippen LogP contribution in [0.5, 0.6) is 17.2 Å². The molecule has 0 aliphatic carbocycles. The summed E-state index contributed by atoms with van der Waals surface area (Å²) < 4.78 is 22.2. The van der Waals surface area contributed by atoms with Crippen LogP contribution in [0.1, 0.15) is 38.8 Å². The van der Waals surface area contributed by atoms with Crippen molar-refractivity contribution in [1.29, 1.82) is 5.26 Å². The minimum atomic E-state index is -0.714. The lowest BCUT2D eigenvalue weighted by molar-refractivity contribution is -0.138. The number of esters is 2. The Bertz CT molecular complexity index is 1100. The number of nitriles is 1. The molecule has 0 aliphatic heterocycles. The second-order valence-corrected chi connectivity index (χ2v) is 8.87. The molecule has 0 bridgehead atoms. The molecule has 2 aromatic carbocycles. The van der Waals surface area contributed by atoms with Gasteiger partial charge in [0.2, 0.25) is 0 Å². The van der Waals surface area contributed by atoms with Crippen molar-refractivity contribution in [2.45, 2.75) is 33.1 Å². The van der Waals surface area contributed by atoms with Gasteiger partial charge >= 0.3 is 11.9 Å². The van der Waals surface area contributed by atoms with Crippen molar-refractivity contribution < 1.29 is 28.5 Å². The van der Waals surface area contributed by atoms with E-state index in [-0.39, 0.29) is 35.7 Å². The quantitative estimate of drug-likeness (QED) is 0.206. The van der Waals surface area contributed by atoms with Gasteiger partial charge in [-0.05, 0) is 54.3 Å². The number of rotatable bonds is 8. The van der Waals surface area contributed by atoms with E-state index in [1.165, 1.54) is 19.3 Å². The predicted molar refractivity (Wildman–Crippen MR) is 127 cm³/mol. The molecule has 0 aliphatic rings. The van der Waals surface area contributed by atoms with Gasteiger partial charge in [-0.25, -0.2) is 9.59 Å². The average molecular weight is 516 g/mol. The summed E-state index contributed by atoms with van der Waals surface area (Å²) in [5, 5.41) is 9.19. The SMILES string of the molecule is CCOC(=O)/C(C#N)=C/c1ccc(OC(=O)COc2ccc(Br)cc2C(C)(C)C)c(OC)c1. The average Bonchev–Trinajstić information content (AvgIpc) is 2.76. The van der Waals surface area contributed by atoms with Gasteiger partial charge in [-0.1, -0.05) is 42.8 Å². The second-order valence-electron chi connectivity index (χ2n) is 7.95. The number of carbonyl (C=O) groups is 2. The van der Waals surface area contributed by atoms with Crippen molar-refractivity contribution >= 4 is 33.9 Å². The first-order valence-corrected chi connectivity index (χ1v) is 11.0. The fraction of sp³-hybridized carbons (Fsp3) is 0.320. The van der Waals surface area contributed by atoms with Gasteiger partial charge in [0, 0.05) is 10.0 Å². The Labute approximate surface area is 202 Å². The largest absolute Gasteiger partial charge is 0.493 e. The maximum Gasteiger partial charge on any atom is 0.349 e. The van der Waals surface area contributed by atoms with E-state index in [1.807, 2.05) is 18.2 Å². The molecule has 0 saturated carbocycles. The number of carbonyl (C=O) groups excluding carboxylic acids is 2. The summed E-state index contributed by atoms with van der Waals surface area (Å²) in [4.78, 5) is 24.2. The van der Waals surface area contributed by atoms with E-state index >= 15 is 0 Å². The maximum atomic E-state index is 12.4. The van der Waals surface area contributed by atoms with E-state index in [2.05, 4.69) is 36.7 Å². The number of hydrogen-bond donors (Lipinski definition) is 0. The fourth-order valence-corrected chi connectivity index (χ4v) is 3.23. The van der Waals surface area contributed by atoms with Gasteiger partial charge in [-0.3, -0.25) is 0 Å². The van der Waals surface area contributed by atoms with Crippen molar-refractivity contribution in [3.05, 3.63) is 57.6 Å². The number of ether oxygens (including phenoxy) is 4. The van der Waals surface area contributed by atoms with Crippen LogP contribution in [0.2, 0.25) is 0 Å². The Kier molecular flexibility index (Phi) is 9.06.